The minimum Gasteiger partial charge on any atom is -0.478 e. The molecule has 17 heavy (non-hydrogen) atoms. The Morgan fingerprint density at radius 3 is 2.94 bits per heavy atom. The summed E-state index contributed by atoms with van der Waals surface area (Å²) in [6, 6.07) is 6.67. The number of benzene rings is 1. The molecule has 0 spiro atoms. The van der Waals surface area contributed by atoms with E-state index in [0.717, 1.165) is 18.7 Å². The van der Waals surface area contributed by atoms with E-state index in [2.05, 4.69) is 0 Å². The van der Waals surface area contributed by atoms with Crippen LogP contribution in [0.2, 0.25) is 0 Å². The summed E-state index contributed by atoms with van der Waals surface area (Å²) in [6.07, 6.45) is 1.37. The van der Waals surface area contributed by atoms with E-state index in [0.29, 0.717) is 13.0 Å². The van der Waals surface area contributed by atoms with Crippen molar-refractivity contribution < 1.29 is 14.3 Å². The average molecular weight is 237 g/mol. The van der Waals surface area contributed by atoms with Gasteiger partial charge in [0.25, 0.3) is 0 Å². The number of anilines is 1. The van der Waals surface area contributed by atoms with Crippen LogP contribution < -0.4 is 4.90 Å². The maximum atomic E-state index is 13.9. The van der Waals surface area contributed by atoms with Crippen LogP contribution in [0.3, 0.4) is 0 Å². The normalized spacial score (nSPS) is 24.7. The quantitative estimate of drug-likeness (QED) is 0.859. The maximum Gasteiger partial charge on any atom is 0.335 e. The molecule has 3 nitrogen and oxygen atoms in total. The third-order valence-corrected chi connectivity index (χ3v) is 3.10. The van der Waals surface area contributed by atoms with Gasteiger partial charge in [-0.3, -0.25) is 0 Å². The molecule has 0 bridgehead atoms. The van der Waals surface area contributed by atoms with Gasteiger partial charge in [0.1, 0.15) is 5.67 Å². The number of nitrogens with zero attached hydrogens (tertiary/aromatic N) is 1. The van der Waals surface area contributed by atoms with E-state index in [-0.39, 0.29) is 5.56 Å². The van der Waals surface area contributed by atoms with E-state index in [4.69, 9.17) is 5.11 Å². The first-order chi connectivity index (χ1) is 7.98. The molecule has 1 aliphatic rings. The molecule has 1 aromatic rings. The Kier molecular flexibility index (Phi) is 3.05. The van der Waals surface area contributed by atoms with Crippen LogP contribution in [0, 0.1) is 0 Å². The van der Waals surface area contributed by atoms with Crippen molar-refractivity contribution >= 4 is 11.7 Å². The molecule has 0 aliphatic carbocycles. The molecule has 0 radical (unpaired) electrons. The van der Waals surface area contributed by atoms with E-state index in [1.165, 1.54) is 0 Å². The molecule has 92 valence electrons. The molecule has 0 aromatic heterocycles. The van der Waals surface area contributed by atoms with Gasteiger partial charge in [-0.05, 0) is 38.0 Å². The lowest BCUT2D eigenvalue weighted by atomic mass is 9.96. The molecule has 1 fully saturated rings. The van der Waals surface area contributed by atoms with Crippen LogP contribution in [0.15, 0.2) is 24.3 Å². The summed E-state index contributed by atoms with van der Waals surface area (Å²) >= 11 is 0. The first-order valence-electron chi connectivity index (χ1n) is 5.75. The minimum absolute atomic E-state index is 0.244. The predicted octanol–water partition coefficient (Wildman–Crippen LogP) is 2.71. The molecule has 1 atom stereocenters. The van der Waals surface area contributed by atoms with Gasteiger partial charge < -0.3 is 10.0 Å². The Morgan fingerprint density at radius 1 is 1.53 bits per heavy atom. The van der Waals surface area contributed by atoms with E-state index in [1.54, 1.807) is 25.1 Å². The summed E-state index contributed by atoms with van der Waals surface area (Å²) in [5.41, 5.74) is -0.153. The molecular formula is C13H16FNO2. The van der Waals surface area contributed by atoms with Crippen LogP contribution in [0.5, 0.6) is 0 Å². The topological polar surface area (TPSA) is 40.5 Å². The smallest absolute Gasteiger partial charge is 0.335 e. The molecular weight excluding hydrogens is 221 g/mol. The SMILES string of the molecule is CC1(F)CCCN(c2cccc(C(=O)O)c2)C1. The second-order valence-corrected chi connectivity index (χ2v) is 4.79. The highest BCUT2D eigenvalue weighted by Gasteiger charge is 2.30. The summed E-state index contributed by atoms with van der Waals surface area (Å²) in [4.78, 5) is 12.8. The largest absolute Gasteiger partial charge is 0.478 e. The van der Waals surface area contributed by atoms with E-state index < -0.39 is 11.6 Å². The highest BCUT2D eigenvalue weighted by molar-refractivity contribution is 5.88. The molecule has 1 aromatic carbocycles. The first kappa shape index (κ1) is 11.9. The molecule has 1 heterocycles. The van der Waals surface area contributed by atoms with Crippen molar-refractivity contribution in [3.63, 3.8) is 0 Å². The number of carboxylic acid groups (broad SMARTS) is 1. The molecule has 0 amide bonds. The number of hydrogen-bond donors (Lipinski definition) is 1. The van der Waals surface area contributed by atoms with E-state index in [1.807, 2.05) is 11.0 Å². The zero-order valence-electron chi connectivity index (χ0n) is 9.82. The van der Waals surface area contributed by atoms with Gasteiger partial charge in [-0.2, -0.15) is 0 Å². The Labute approximate surface area is 99.9 Å². The molecule has 2 rings (SSSR count). The lowest BCUT2D eigenvalue weighted by Gasteiger charge is -2.36. The fourth-order valence-electron chi connectivity index (χ4n) is 2.25. The van der Waals surface area contributed by atoms with Crippen molar-refractivity contribution in [2.75, 3.05) is 18.0 Å². The van der Waals surface area contributed by atoms with Crippen LogP contribution in [-0.2, 0) is 0 Å². The van der Waals surface area contributed by atoms with Crippen LogP contribution in [0.1, 0.15) is 30.1 Å². The van der Waals surface area contributed by atoms with Gasteiger partial charge in [0.15, 0.2) is 0 Å². The fourth-order valence-corrected chi connectivity index (χ4v) is 2.25. The Morgan fingerprint density at radius 2 is 2.29 bits per heavy atom. The van der Waals surface area contributed by atoms with Crippen LogP contribution in [0.4, 0.5) is 10.1 Å². The number of alkyl halides is 1. The summed E-state index contributed by atoms with van der Waals surface area (Å²) in [6.45, 7) is 2.71. The van der Waals surface area contributed by atoms with Gasteiger partial charge in [-0.15, -0.1) is 0 Å². The van der Waals surface area contributed by atoms with Crippen LogP contribution in [0.25, 0.3) is 0 Å². The number of carboxylic acids is 1. The molecule has 4 heteroatoms. The van der Waals surface area contributed by atoms with Crippen LogP contribution >= 0.6 is 0 Å². The first-order valence-corrected chi connectivity index (χ1v) is 5.75. The Bertz CT molecular complexity index is 431. The molecule has 1 N–H and O–H groups in total. The second-order valence-electron chi connectivity index (χ2n) is 4.79. The number of rotatable bonds is 2. The minimum atomic E-state index is -1.18. The number of piperidine rings is 1. The zero-order chi connectivity index (χ0) is 12.5. The standard InChI is InChI=1S/C13H16FNO2/c1-13(14)6-3-7-15(9-13)11-5-2-4-10(8-11)12(16)17/h2,4-5,8H,3,6-7,9H2,1H3,(H,16,17). The highest BCUT2D eigenvalue weighted by Crippen LogP contribution is 2.28. The summed E-state index contributed by atoms with van der Waals surface area (Å²) in [5, 5.41) is 8.92. The van der Waals surface area contributed by atoms with Gasteiger partial charge in [0, 0.05) is 12.2 Å². The zero-order valence-corrected chi connectivity index (χ0v) is 9.82. The maximum absolute atomic E-state index is 13.9. The van der Waals surface area contributed by atoms with E-state index in [9.17, 15) is 9.18 Å². The third-order valence-electron chi connectivity index (χ3n) is 3.10. The van der Waals surface area contributed by atoms with Crippen molar-refractivity contribution in [1.82, 2.24) is 0 Å². The van der Waals surface area contributed by atoms with Crippen molar-refractivity contribution in [2.45, 2.75) is 25.4 Å². The predicted molar refractivity (Wildman–Crippen MR) is 64.4 cm³/mol. The summed E-state index contributed by atoms with van der Waals surface area (Å²) in [5.74, 6) is -0.952. The highest BCUT2D eigenvalue weighted by atomic mass is 19.1. The molecule has 1 aliphatic heterocycles. The van der Waals surface area contributed by atoms with Crippen molar-refractivity contribution in [2.24, 2.45) is 0 Å². The van der Waals surface area contributed by atoms with Crippen molar-refractivity contribution in [3.05, 3.63) is 29.8 Å². The van der Waals surface area contributed by atoms with Crippen molar-refractivity contribution in [3.8, 4) is 0 Å². The molecule has 1 unspecified atom stereocenters. The van der Waals surface area contributed by atoms with Gasteiger partial charge in [-0.25, -0.2) is 9.18 Å². The lowest BCUT2D eigenvalue weighted by Crippen LogP contribution is -2.43. The van der Waals surface area contributed by atoms with Crippen molar-refractivity contribution in [1.29, 1.82) is 0 Å². The number of aromatic carboxylic acids is 1. The van der Waals surface area contributed by atoms with E-state index >= 15 is 0 Å². The van der Waals surface area contributed by atoms with Gasteiger partial charge in [0.2, 0.25) is 0 Å². The number of hydrogen-bond acceptors (Lipinski definition) is 2. The summed E-state index contributed by atoms with van der Waals surface area (Å²) in [7, 11) is 0. The average Bonchev–Trinajstić information content (AvgIpc) is 2.28. The number of halogens is 1. The van der Waals surface area contributed by atoms with Crippen LogP contribution in [-0.4, -0.2) is 29.8 Å². The Balaban J connectivity index is 2.22. The monoisotopic (exact) mass is 237 g/mol. The lowest BCUT2D eigenvalue weighted by molar-refractivity contribution is 0.0697. The fraction of sp³-hybridized carbons (Fsp3) is 0.462. The molecule has 0 saturated carbocycles. The third kappa shape index (κ3) is 2.75. The summed E-state index contributed by atoms with van der Waals surface area (Å²) < 4.78 is 13.9. The van der Waals surface area contributed by atoms with Gasteiger partial charge in [0.05, 0.1) is 12.1 Å². The van der Waals surface area contributed by atoms with Gasteiger partial charge in [-0.1, -0.05) is 6.07 Å². The Hall–Kier alpha value is -1.58. The molecule has 1 saturated heterocycles. The number of carbonyl (C=O) groups is 1. The second kappa shape index (κ2) is 4.35. The van der Waals surface area contributed by atoms with Gasteiger partial charge >= 0.3 is 5.97 Å².